The smallest absolute Gasteiger partial charge is 0.266 e. The molecule has 1 aromatic carbocycles. The van der Waals surface area contributed by atoms with E-state index in [1.54, 1.807) is 11.8 Å². The zero-order valence-corrected chi connectivity index (χ0v) is 19.1. The first kappa shape index (κ1) is 25.8. The summed E-state index contributed by atoms with van der Waals surface area (Å²) in [5.41, 5.74) is 0.807. The zero-order valence-electron chi connectivity index (χ0n) is 18.3. The van der Waals surface area contributed by atoms with Crippen molar-refractivity contribution in [2.45, 2.75) is 44.4 Å². The van der Waals surface area contributed by atoms with Crippen molar-refractivity contribution in [1.82, 2.24) is 15.5 Å². The molecule has 3 N–H and O–H groups in total. The highest BCUT2D eigenvalue weighted by molar-refractivity contribution is 7.85. The average molecular weight is 470 g/mol. The lowest BCUT2D eigenvalue weighted by Crippen LogP contribution is -2.53. The van der Waals surface area contributed by atoms with Gasteiger partial charge in [-0.3, -0.25) is 18.9 Å². The Morgan fingerprint density at radius 1 is 1.28 bits per heavy atom. The molecule has 0 aromatic heterocycles. The normalized spacial score (nSPS) is 19.1. The molecule has 1 fully saturated rings. The van der Waals surface area contributed by atoms with Gasteiger partial charge in [0.25, 0.3) is 10.1 Å². The molecule has 0 bridgehead atoms. The lowest BCUT2D eigenvalue weighted by atomic mass is 9.94. The Morgan fingerprint density at radius 3 is 2.56 bits per heavy atom. The first-order valence-corrected chi connectivity index (χ1v) is 12.1. The first-order valence-electron chi connectivity index (χ1n) is 10.5. The fraction of sp³-hybridized carbons (Fsp3) is 0.571. The monoisotopic (exact) mass is 469 g/mol. The van der Waals surface area contributed by atoms with Crippen molar-refractivity contribution in [3.63, 3.8) is 0 Å². The van der Waals surface area contributed by atoms with Crippen LogP contribution in [0, 0.1) is 5.92 Å². The van der Waals surface area contributed by atoms with Gasteiger partial charge in [-0.05, 0) is 18.4 Å². The number of hydrogen-bond donors (Lipinski definition) is 3. The molecule has 0 radical (unpaired) electrons. The van der Waals surface area contributed by atoms with E-state index in [1.807, 2.05) is 30.3 Å². The summed E-state index contributed by atoms with van der Waals surface area (Å²) in [4.78, 5) is 38.7. The molecular formula is C21H31N3O7S. The van der Waals surface area contributed by atoms with E-state index in [-0.39, 0.29) is 19.0 Å². The number of nitrogens with zero attached hydrogens (tertiary/aromatic N) is 1. The van der Waals surface area contributed by atoms with Crippen LogP contribution in [-0.2, 0) is 35.7 Å². The number of nitrogens with one attached hydrogen (secondary N) is 2. The number of hydrogen-bond acceptors (Lipinski definition) is 6. The van der Waals surface area contributed by atoms with E-state index in [9.17, 15) is 22.8 Å². The van der Waals surface area contributed by atoms with Gasteiger partial charge in [0.1, 0.15) is 6.04 Å². The number of amides is 3. The van der Waals surface area contributed by atoms with Crippen molar-refractivity contribution < 1.29 is 32.1 Å². The summed E-state index contributed by atoms with van der Waals surface area (Å²) in [5, 5.41) is 5.17. The summed E-state index contributed by atoms with van der Waals surface area (Å²) in [6.07, 6.45) is 1.96. The molecule has 4 unspecified atom stereocenters. The molecular weight excluding hydrogens is 438 g/mol. The maximum absolute atomic E-state index is 13.0. The second kappa shape index (κ2) is 11.9. The molecule has 1 aromatic rings. The van der Waals surface area contributed by atoms with Crippen molar-refractivity contribution in [3.05, 3.63) is 35.9 Å². The van der Waals surface area contributed by atoms with Gasteiger partial charge in [-0.25, -0.2) is 0 Å². The number of carbonyl (C=O) groups is 3. The van der Waals surface area contributed by atoms with Crippen LogP contribution in [0.1, 0.15) is 25.3 Å². The van der Waals surface area contributed by atoms with Crippen molar-refractivity contribution in [3.8, 4) is 0 Å². The number of likely N-dealkylation sites (tertiary alicyclic amines) is 1. The highest BCUT2D eigenvalue weighted by Crippen LogP contribution is 2.25. The molecule has 3 amide bonds. The lowest BCUT2D eigenvalue weighted by Gasteiger charge is -2.32. The van der Waals surface area contributed by atoms with Crippen molar-refractivity contribution in [1.29, 1.82) is 0 Å². The Bertz CT molecular complexity index is 879. The summed E-state index contributed by atoms with van der Waals surface area (Å²) >= 11 is 0. The first-order chi connectivity index (χ1) is 15.2. The van der Waals surface area contributed by atoms with Crippen LogP contribution in [0.4, 0.5) is 0 Å². The molecule has 32 heavy (non-hydrogen) atoms. The molecule has 4 atom stereocenters. The number of ether oxygens (including phenoxy) is 1. The minimum atomic E-state index is -4.22. The van der Waals surface area contributed by atoms with Gasteiger partial charge in [-0.15, -0.1) is 0 Å². The van der Waals surface area contributed by atoms with Crippen molar-refractivity contribution >= 4 is 28.3 Å². The number of rotatable bonds is 12. The summed E-state index contributed by atoms with van der Waals surface area (Å²) in [7, 11) is -2.74. The van der Waals surface area contributed by atoms with Gasteiger partial charge in [0.15, 0.2) is 0 Å². The van der Waals surface area contributed by atoms with Crippen LogP contribution in [-0.4, -0.2) is 80.2 Å². The fourth-order valence-electron chi connectivity index (χ4n) is 3.93. The van der Waals surface area contributed by atoms with Gasteiger partial charge >= 0.3 is 0 Å². The molecule has 1 aliphatic heterocycles. The summed E-state index contributed by atoms with van der Waals surface area (Å²) < 4.78 is 36.3. The third-order valence-electron chi connectivity index (χ3n) is 5.61. The standard InChI is InChI=1S/C21H31N3O7S/c1-15(19(31-2)18-9-6-11-24(18)14-25)20(26)23-17(13-16-7-4-3-5-8-16)21(27)22-10-12-32(28,29)30/h3-5,7-8,14-15,17-19H,6,9-13H2,1-2H3,(H,22,27)(H,23,26)(H,28,29,30). The number of carbonyl (C=O) groups excluding carboxylic acids is 3. The second-order valence-corrected chi connectivity index (χ2v) is 9.44. The molecule has 178 valence electrons. The van der Waals surface area contributed by atoms with E-state index in [4.69, 9.17) is 9.29 Å². The maximum atomic E-state index is 13.0. The van der Waals surface area contributed by atoms with E-state index in [2.05, 4.69) is 10.6 Å². The summed E-state index contributed by atoms with van der Waals surface area (Å²) in [5.74, 6) is -2.26. The molecule has 1 aliphatic rings. The topological polar surface area (TPSA) is 142 Å². The number of methoxy groups -OCH3 is 1. The number of benzene rings is 1. The van der Waals surface area contributed by atoms with Gasteiger partial charge in [0.05, 0.1) is 23.8 Å². The summed E-state index contributed by atoms with van der Waals surface area (Å²) in [6.45, 7) is 2.00. The van der Waals surface area contributed by atoms with Crippen LogP contribution in [0.15, 0.2) is 30.3 Å². The van der Waals surface area contributed by atoms with Crippen molar-refractivity contribution in [2.75, 3.05) is 26.0 Å². The quantitative estimate of drug-likeness (QED) is 0.289. The van der Waals surface area contributed by atoms with Crippen LogP contribution in [0.2, 0.25) is 0 Å². The van der Waals surface area contributed by atoms with Gasteiger partial charge < -0.3 is 20.3 Å². The highest BCUT2D eigenvalue weighted by atomic mass is 32.2. The van der Waals surface area contributed by atoms with Gasteiger partial charge in [0.2, 0.25) is 18.2 Å². The van der Waals surface area contributed by atoms with Crippen LogP contribution in [0.5, 0.6) is 0 Å². The Morgan fingerprint density at radius 2 is 1.97 bits per heavy atom. The Hall–Kier alpha value is -2.50. The van der Waals surface area contributed by atoms with Gasteiger partial charge in [0, 0.05) is 26.6 Å². The van der Waals surface area contributed by atoms with E-state index < -0.39 is 45.7 Å². The molecule has 1 saturated heterocycles. The highest BCUT2D eigenvalue weighted by Gasteiger charge is 2.38. The molecule has 0 aliphatic carbocycles. The molecule has 1 heterocycles. The molecule has 10 nitrogen and oxygen atoms in total. The summed E-state index contributed by atoms with van der Waals surface area (Å²) in [6, 6.07) is 7.88. The minimum Gasteiger partial charge on any atom is -0.378 e. The molecule has 2 rings (SSSR count). The minimum absolute atomic E-state index is 0.193. The molecule has 0 saturated carbocycles. The lowest BCUT2D eigenvalue weighted by molar-refractivity contribution is -0.136. The van der Waals surface area contributed by atoms with Crippen LogP contribution in [0.25, 0.3) is 0 Å². The van der Waals surface area contributed by atoms with Gasteiger partial charge in [-0.1, -0.05) is 37.3 Å². The predicted octanol–water partition coefficient (Wildman–Crippen LogP) is -0.0102. The predicted molar refractivity (Wildman–Crippen MR) is 117 cm³/mol. The van der Waals surface area contributed by atoms with Crippen molar-refractivity contribution in [2.24, 2.45) is 5.92 Å². The third kappa shape index (κ3) is 7.57. The third-order valence-corrected chi connectivity index (χ3v) is 6.33. The molecule has 0 spiro atoms. The van der Waals surface area contributed by atoms with E-state index >= 15 is 0 Å². The molecule has 11 heteroatoms. The second-order valence-electron chi connectivity index (χ2n) is 7.87. The average Bonchev–Trinajstić information content (AvgIpc) is 3.22. The van der Waals surface area contributed by atoms with Crippen LogP contribution >= 0.6 is 0 Å². The van der Waals surface area contributed by atoms with E-state index in [1.165, 1.54) is 7.11 Å². The van der Waals surface area contributed by atoms with Gasteiger partial charge in [-0.2, -0.15) is 8.42 Å². The van der Waals surface area contributed by atoms with Crippen LogP contribution in [0.3, 0.4) is 0 Å². The largest absolute Gasteiger partial charge is 0.378 e. The Balaban J connectivity index is 2.11. The Kier molecular flexibility index (Phi) is 9.60. The van der Waals surface area contributed by atoms with Crippen LogP contribution < -0.4 is 10.6 Å². The fourth-order valence-corrected chi connectivity index (χ4v) is 4.29. The maximum Gasteiger partial charge on any atom is 0.266 e. The van der Waals surface area contributed by atoms with E-state index in [0.717, 1.165) is 24.8 Å². The van der Waals surface area contributed by atoms with E-state index in [0.29, 0.717) is 6.54 Å². The SMILES string of the molecule is COC(C(C)C(=O)NC(Cc1ccccc1)C(=O)NCCS(=O)(=O)O)C1CCCN1C=O. The zero-order chi connectivity index (χ0) is 23.7. The Labute approximate surface area is 188 Å².